The van der Waals surface area contributed by atoms with Crippen LogP contribution in [0, 0.1) is 11.6 Å². The van der Waals surface area contributed by atoms with Crippen molar-refractivity contribution in [2.24, 2.45) is 0 Å². The van der Waals surface area contributed by atoms with E-state index in [9.17, 15) is 8.78 Å². The number of hydrogen-bond acceptors (Lipinski definition) is 1. The summed E-state index contributed by atoms with van der Waals surface area (Å²) >= 11 is 9.14. The van der Waals surface area contributed by atoms with E-state index >= 15 is 0 Å². The van der Waals surface area contributed by atoms with Crippen LogP contribution in [0.5, 0.6) is 0 Å². The summed E-state index contributed by atoms with van der Waals surface area (Å²) in [5, 5.41) is 0. The van der Waals surface area contributed by atoms with Crippen molar-refractivity contribution in [3.8, 4) is 5.69 Å². The van der Waals surface area contributed by atoms with Gasteiger partial charge in [-0.2, -0.15) is 0 Å². The van der Waals surface area contributed by atoms with Gasteiger partial charge in [0.2, 0.25) is 0 Å². The van der Waals surface area contributed by atoms with Gasteiger partial charge in [0.15, 0.2) is 0 Å². The van der Waals surface area contributed by atoms with E-state index in [0.29, 0.717) is 39.3 Å². The number of benzene rings is 2. The minimum Gasteiger partial charge on any atom is -0.292 e. The number of rotatable bonds is 3. The summed E-state index contributed by atoms with van der Waals surface area (Å²) < 4.78 is 30.0. The number of halogens is 4. The Bertz CT molecular complexity index is 797. The van der Waals surface area contributed by atoms with Crippen LogP contribution in [0.2, 0.25) is 0 Å². The first-order valence-corrected chi connectivity index (χ1v) is 7.62. The van der Waals surface area contributed by atoms with Crippen molar-refractivity contribution in [2.45, 2.75) is 6.42 Å². The van der Waals surface area contributed by atoms with Gasteiger partial charge in [-0.15, -0.1) is 11.6 Å². The summed E-state index contributed by atoms with van der Waals surface area (Å²) in [7, 11) is 0. The molecule has 0 radical (unpaired) electrons. The van der Waals surface area contributed by atoms with Crippen LogP contribution in [-0.2, 0) is 6.42 Å². The van der Waals surface area contributed by atoms with Crippen LogP contribution in [0.1, 0.15) is 5.82 Å². The third-order valence-corrected chi connectivity index (χ3v) is 3.99. The molecule has 108 valence electrons. The quantitative estimate of drug-likeness (QED) is 0.602. The Morgan fingerprint density at radius 1 is 1.19 bits per heavy atom. The zero-order valence-corrected chi connectivity index (χ0v) is 13.1. The molecule has 1 aromatic heterocycles. The lowest BCUT2D eigenvalue weighted by molar-refractivity contribution is 0.614. The number of fused-ring (bicyclic) bond motifs is 1. The van der Waals surface area contributed by atoms with Crippen molar-refractivity contribution in [3.05, 3.63) is 58.3 Å². The molecule has 0 amide bonds. The molecule has 0 N–H and O–H groups in total. The van der Waals surface area contributed by atoms with Crippen LogP contribution in [0.3, 0.4) is 0 Å². The van der Waals surface area contributed by atoms with Crippen LogP contribution in [0.4, 0.5) is 8.78 Å². The van der Waals surface area contributed by atoms with Gasteiger partial charge in [0.1, 0.15) is 17.5 Å². The number of hydrogen-bond donors (Lipinski definition) is 0. The SMILES string of the molecule is Fc1ccc2nc(CCCl)n(-c3c(F)cccc3Br)c2c1. The van der Waals surface area contributed by atoms with Gasteiger partial charge in [0.05, 0.1) is 16.7 Å². The molecule has 0 atom stereocenters. The fourth-order valence-electron chi connectivity index (χ4n) is 2.30. The Morgan fingerprint density at radius 3 is 2.71 bits per heavy atom. The van der Waals surface area contributed by atoms with Crippen molar-refractivity contribution in [1.82, 2.24) is 9.55 Å². The average molecular weight is 372 g/mol. The lowest BCUT2D eigenvalue weighted by Crippen LogP contribution is -2.05. The van der Waals surface area contributed by atoms with E-state index in [4.69, 9.17) is 11.6 Å². The van der Waals surface area contributed by atoms with Crippen LogP contribution in [0.25, 0.3) is 16.7 Å². The molecule has 2 nitrogen and oxygen atoms in total. The van der Waals surface area contributed by atoms with Crippen molar-refractivity contribution in [3.63, 3.8) is 0 Å². The molecule has 0 fully saturated rings. The maximum absolute atomic E-state index is 14.3. The van der Waals surface area contributed by atoms with Gasteiger partial charge in [-0.1, -0.05) is 6.07 Å². The van der Waals surface area contributed by atoms with Crippen LogP contribution in [-0.4, -0.2) is 15.4 Å². The number of para-hydroxylation sites is 1. The summed E-state index contributed by atoms with van der Waals surface area (Å²) in [6.07, 6.45) is 0.457. The van der Waals surface area contributed by atoms with E-state index in [0.717, 1.165) is 0 Å². The topological polar surface area (TPSA) is 17.8 Å². The lowest BCUT2D eigenvalue weighted by Gasteiger charge is -2.11. The molecule has 6 heteroatoms. The van der Waals surface area contributed by atoms with Crippen molar-refractivity contribution >= 4 is 38.6 Å². The molecule has 2 aromatic carbocycles. The molecule has 0 saturated heterocycles. The standard InChI is InChI=1S/C15H10BrClF2N2/c16-10-2-1-3-11(19)15(10)21-13-8-9(18)4-5-12(13)20-14(21)6-7-17/h1-5,8H,6-7H2. The van der Waals surface area contributed by atoms with E-state index < -0.39 is 11.6 Å². The third-order valence-electron chi connectivity index (χ3n) is 3.17. The van der Waals surface area contributed by atoms with Gasteiger partial charge in [0, 0.05) is 22.8 Å². The smallest absolute Gasteiger partial charge is 0.148 e. The maximum Gasteiger partial charge on any atom is 0.148 e. The molecular formula is C15H10BrClF2N2. The fourth-order valence-corrected chi connectivity index (χ4v) is 2.99. The molecule has 21 heavy (non-hydrogen) atoms. The van der Waals surface area contributed by atoms with Crippen LogP contribution >= 0.6 is 27.5 Å². The fraction of sp³-hybridized carbons (Fsp3) is 0.133. The highest BCUT2D eigenvalue weighted by Gasteiger charge is 2.17. The third kappa shape index (κ3) is 2.56. The zero-order chi connectivity index (χ0) is 15.0. The van der Waals surface area contributed by atoms with E-state index in [1.54, 1.807) is 22.8 Å². The number of imidazole rings is 1. The Morgan fingerprint density at radius 2 is 2.00 bits per heavy atom. The number of alkyl halides is 1. The van der Waals surface area contributed by atoms with E-state index in [-0.39, 0.29) is 0 Å². The van der Waals surface area contributed by atoms with E-state index in [2.05, 4.69) is 20.9 Å². The summed E-state index contributed by atoms with van der Waals surface area (Å²) in [5.74, 6) is 0.131. The summed E-state index contributed by atoms with van der Waals surface area (Å²) in [4.78, 5) is 4.43. The van der Waals surface area contributed by atoms with Crippen molar-refractivity contribution < 1.29 is 8.78 Å². The van der Waals surface area contributed by atoms with Gasteiger partial charge in [0.25, 0.3) is 0 Å². The lowest BCUT2D eigenvalue weighted by atomic mass is 10.2. The molecular weight excluding hydrogens is 362 g/mol. The summed E-state index contributed by atoms with van der Waals surface area (Å²) in [6, 6.07) is 8.95. The molecule has 0 saturated carbocycles. The van der Waals surface area contributed by atoms with Crippen molar-refractivity contribution in [1.29, 1.82) is 0 Å². The van der Waals surface area contributed by atoms with Crippen LogP contribution in [0.15, 0.2) is 40.9 Å². The Balaban J connectivity index is 2.38. The predicted octanol–water partition coefficient (Wildman–Crippen LogP) is 4.85. The second-order valence-corrected chi connectivity index (χ2v) is 5.74. The number of nitrogens with zero attached hydrogens (tertiary/aromatic N) is 2. The zero-order valence-electron chi connectivity index (χ0n) is 10.8. The van der Waals surface area contributed by atoms with Gasteiger partial charge in [-0.3, -0.25) is 4.57 Å². The molecule has 0 aliphatic rings. The predicted molar refractivity (Wildman–Crippen MR) is 83.1 cm³/mol. The molecule has 1 heterocycles. The molecule has 0 unspecified atom stereocenters. The average Bonchev–Trinajstić information content (AvgIpc) is 2.77. The highest BCUT2D eigenvalue weighted by Crippen LogP contribution is 2.30. The summed E-state index contributed by atoms with van der Waals surface area (Å²) in [6.45, 7) is 0. The Hall–Kier alpha value is -1.46. The highest BCUT2D eigenvalue weighted by molar-refractivity contribution is 9.10. The largest absolute Gasteiger partial charge is 0.292 e. The number of aromatic nitrogens is 2. The monoisotopic (exact) mass is 370 g/mol. The Kier molecular flexibility index (Phi) is 3.95. The molecule has 3 rings (SSSR count). The van der Waals surface area contributed by atoms with E-state index in [1.165, 1.54) is 18.2 Å². The molecule has 0 aliphatic heterocycles. The first-order valence-electron chi connectivity index (χ1n) is 6.29. The number of aryl methyl sites for hydroxylation is 1. The van der Waals surface area contributed by atoms with Crippen LogP contribution < -0.4 is 0 Å². The minimum absolute atomic E-state index is 0.311. The summed E-state index contributed by atoms with van der Waals surface area (Å²) in [5.41, 5.74) is 1.43. The second kappa shape index (κ2) is 5.73. The molecule has 0 aliphatic carbocycles. The van der Waals surface area contributed by atoms with Gasteiger partial charge < -0.3 is 0 Å². The minimum atomic E-state index is -0.413. The molecule has 0 bridgehead atoms. The highest BCUT2D eigenvalue weighted by atomic mass is 79.9. The molecule has 3 aromatic rings. The first-order chi connectivity index (χ1) is 10.1. The maximum atomic E-state index is 14.3. The molecule has 0 spiro atoms. The normalized spacial score (nSPS) is 11.2. The Labute approximate surface area is 133 Å². The first kappa shape index (κ1) is 14.5. The van der Waals surface area contributed by atoms with Gasteiger partial charge in [-0.05, 0) is 40.2 Å². The second-order valence-electron chi connectivity index (χ2n) is 4.51. The van der Waals surface area contributed by atoms with Gasteiger partial charge >= 0.3 is 0 Å². The van der Waals surface area contributed by atoms with Gasteiger partial charge in [-0.25, -0.2) is 13.8 Å². The van der Waals surface area contributed by atoms with E-state index in [1.807, 2.05) is 0 Å². The van der Waals surface area contributed by atoms with Crippen molar-refractivity contribution in [2.75, 3.05) is 5.88 Å².